The second-order valence-electron chi connectivity index (χ2n) is 3.40. The Kier molecular flexibility index (Phi) is 4.69. The van der Waals surface area contributed by atoms with Crippen molar-refractivity contribution in [2.45, 2.75) is 6.92 Å². The Hall–Kier alpha value is -0.960. The van der Waals surface area contributed by atoms with E-state index in [-0.39, 0.29) is 5.82 Å². The molecule has 0 aliphatic rings. The molecule has 0 unspecified atom stereocenters. The monoisotopic (exact) mass is 225 g/mol. The molecule has 0 radical (unpaired) electrons. The molecule has 0 N–H and O–H groups in total. The SMILES string of the molecule is C=C(CS)CN(CC)c1cccc(F)c1. The highest BCUT2D eigenvalue weighted by Crippen LogP contribution is 2.16. The standard InChI is InChI=1S/C12H16FNS/c1-3-14(8-10(2)9-15)12-6-4-5-11(13)7-12/h4-7,15H,2-3,8-9H2,1H3. The Bertz CT molecular complexity index is 338. The second kappa shape index (κ2) is 5.81. The van der Waals surface area contributed by atoms with Gasteiger partial charge in [-0.1, -0.05) is 12.6 Å². The number of thiol groups is 1. The minimum Gasteiger partial charge on any atom is -0.368 e. The number of halogens is 1. The molecule has 1 nitrogen and oxygen atoms in total. The summed E-state index contributed by atoms with van der Waals surface area (Å²) < 4.78 is 13.0. The van der Waals surface area contributed by atoms with Crippen LogP contribution < -0.4 is 4.90 Å². The number of benzene rings is 1. The highest BCUT2D eigenvalue weighted by Gasteiger charge is 2.05. The predicted molar refractivity (Wildman–Crippen MR) is 67.3 cm³/mol. The summed E-state index contributed by atoms with van der Waals surface area (Å²) in [6.45, 7) is 7.49. The predicted octanol–water partition coefficient (Wildman–Crippen LogP) is 3.14. The van der Waals surface area contributed by atoms with Crippen LogP contribution in [0.1, 0.15) is 6.92 Å². The minimum absolute atomic E-state index is 0.206. The van der Waals surface area contributed by atoms with Crippen LogP contribution in [0.3, 0.4) is 0 Å². The number of rotatable bonds is 5. The van der Waals surface area contributed by atoms with Gasteiger partial charge >= 0.3 is 0 Å². The fourth-order valence-corrected chi connectivity index (χ4v) is 1.48. The van der Waals surface area contributed by atoms with E-state index in [0.717, 1.165) is 24.4 Å². The molecule has 1 rings (SSSR count). The lowest BCUT2D eigenvalue weighted by Gasteiger charge is -2.23. The molecule has 0 spiro atoms. The zero-order valence-corrected chi connectivity index (χ0v) is 9.80. The third-order valence-corrected chi connectivity index (χ3v) is 2.64. The first-order valence-electron chi connectivity index (χ1n) is 4.95. The first-order valence-corrected chi connectivity index (χ1v) is 5.58. The molecule has 0 heterocycles. The molecular formula is C12H16FNS. The lowest BCUT2D eigenvalue weighted by molar-refractivity contribution is 0.627. The van der Waals surface area contributed by atoms with Gasteiger partial charge in [-0.05, 0) is 30.7 Å². The Morgan fingerprint density at radius 2 is 2.27 bits per heavy atom. The normalized spacial score (nSPS) is 10.1. The van der Waals surface area contributed by atoms with Crippen LogP contribution in [0.5, 0.6) is 0 Å². The summed E-state index contributed by atoms with van der Waals surface area (Å²) >= 11 is 4.16. The van der Waals surface area contributed by atoms with E-state index >= 15 is 0 Å². The van der Waals surface area contributed by atoms with E-state index in [4.69, 9.17) is 0 Å². The van der Waals surface area contributed by atoms with Gasteiger partial charge in [0.05, 0.1) is 0 Å². The van der Waals surface area contributed by atoms with Crippen LogP contribution in [-0.2, 0) is 0 Å². The molecule has 0 saturated heterocycles. The fourth-order valence-electron chi connectivity index (χ4n) is 1.38. The maximum Gasteiger partial charge on any atom is 0.125 e. The smallest absolute Gasteiger partial charge is 0.125 e. The van der Waals surface area contributed by atoms with E-state index in [9.17, 15) is 4.39 Å². The highest BCUT2D eigenvalue weighted by atomic mass is 32.1. The highest BCUT2D eigenvalue weighted by molar-refractivity contribution is 7.80. The Morgan fingerprint density at radius 1 is 1.53 bits per heavy atom. The molecule has 0 aliphatic heterocycles. The fraction of sp³-hybridized carbons (Fsp3) is 0.333. The van der Waals surface area contributed by atoms with E-state index in [0.29, 0.717) is 5.75 Å². The third-order valence-electron chi connectivity index (χ3n) is 2.19. The van der Waals surface area contributed by atoms with Crippen molar-refractivity contribution in [1.29, 1.82) is 0 Å². The van der Waals surface area contributed by atoms with Gasteiger partial charge in [-0.3, -0.25) is 0 Å². The largest absolute Gasteiger partial charge is 0.368 e. The average molecular weight is 225 g/mol. The lowest BCUT2D eigenvalue weighted by atomic mass is 10.2. The van der Waals surface area contributed by atoms with Gasteiger partial charge in [0.1, 0.15) is 5.82 Å². The average Bonchev–Trinajstić information content (AvgIpc) is 2.25. The maximum atomic E-state index is 13.0. The first-order chi connectivity index (χ1) is 7.17. The van der Waals surface area contributed by atoms with Gasteiger partial charge in [-0.15, -0.1) is 0 Å². The van der Waals surface area contributed by atoms with Crippen LogP contribution in [0.2, 0.25) is 0 Å². The van der Waals surface area contributed by atoms with Crippen molar-refractivity contribution < 1.29 is 4.39 Å². The summed E-state index contributed by atoms with van der Waals surface area (Å²) in [5.74, 6) is 0.452. The van der Waals surface area contributed by atoms with E-state index in [2.05, 4.69) is 24.1 Å². The molecule has 15 heavy (non-hydrogen) atoms. The van der Waals surface area contributed by atoms with Gasteiger partial charge in [0.2, 0.25) is 0 Å². The lowest BCUT2D eigenvalue weighted by Crippen LogP contribution is -2.25. The second-order valence-corrected chi connectivity index (χ2v) is 3.72. The zero-order chi connectivity index (χ0) is 11.3. The van der Waals surface area contributed by atoms with E-state index in [1.165, 1.54) is 12.1 Å². The molecule has 0 amide bonds. The molecule has 3 heteroatoms. The van der Waals surface area contributed by atoms with Crippen LogP contribution in [0.25, 0.3) is 0 Å². The van der Waals surface area contributed by atoms with Gasteiger partial charge in [0.15, 0.2) is 0 Å². The van der Waals surface area contributed by atoms with Crippen molar-refractivity contribution in [2.75, 3.05) is 23.7 Å². The summed E-state index contributed by atoms with van der Waals surface area (Å²) in [6, 6.07) is 6.61. The molecule has 0 bridgehead atoms. The van der Waals surface area contributed by atoms with Gasteiger partial charge < -0.3 is 4.90 Å². The number of hydrogen-bond donors (Lipinski definition) is 1. The topological polar surface area (TPSA) is 3.24 Å². The Morgan fingerprint density at radius 3 is 2.80 bits per heavy atom. The summed E-state index contributed by atoms with van der Waals surface area (Å²) in [5, 5.41) is 0. The molecule has 1 aromatic carbocycles. The summed E-state index contributed by atoms with van der Waals surface area (Å²) in [6.07, 6.45) is 0. The first kappa shape index (κ1) is 12.1. The quantitative estimate of drug-likeness (QED) is 0.595. The molecule has 82 valence electrons. The molecule has 1 aromatic rings. The minimum atomic E-state index is -0.206. The van der Waals surface area contributed by atoms with Gasteiger partial charge in [-0.2, -0.15) is 12.6 Å². The summed E-state index contributed by atoms with van der Waals surface area (Å²) in [5.41, 5.74) is 1.92. The molecule has 0 fully saturated rings. The van der Waals surface area contributed by atoms with E-state index in [1.54, 1.807) is 6.07 Å². The van der Waals surface area contributed by atoms with Crippen molar-refractivity contribution >= 4 is 18.3 Å². The molecule has 0 saturated carbocycles. The Labute approximate surface area is 96.0 Å². The van der Waals surface area contributed by atoms with Crippen LogP contribution in [-0.4, -0.2) is 18.8 Å². The van der Waals surface area contributed by atoms with Crippen LogP contribution in [0.4, 0.5) is 10.1 Å². The number of nitrogens with zero attached hydrogens (tertiary/aromatic N) is 1. The zero-order valence-electron chi connectivity index (χ0n) is 8.91. The van der Waals surface area contributed by atoms with E-state index < -0.39 is 0 Å². The van der Waals surface area contributed by atoms with Crippen LogP contribution in [0.15, 0.2) is 36.4 Å². The number of hydrogen-bond acceptors (Lipinski definition) is 2. The van der Waals surface area contributed by atoms with Crippen LogP contribution in [0, 0.1) is 5.82 Å². The molecule has 0 atom stereocenters. The number of likely N-dealkylation sites (N-methyl/N-ethyl adjacent to an activating group) is 1. The van der Waals surface area contributed by atoms with Crippen molar-refractivity contribution in [2.24, 2.45) is 0 Å². The van der Waals surface area contributed by atoms with Crippen molar-refractivity contribution in [3.05, 3.63) is 42.2 Å². The van der Waals surface area contributed by atoms with Crippen molar-refractivity contribution in [1.82, 2.24) is 0 Å². The Balaban J connectivity index is 2.78. The number of anilines is 1. The van der Waals surface area contributed by atoms with Crippen molar-refractivity contribution in [3.63, 3.8) is 0 Å². The van der Waals surface area contributed by atoms with Gasteiger partial charge in [-0.25, -0.2) is 4.39 Å². The molecule has 0 aliphatic carbocycles. The third kappa shape index (κ3) is 3.59. The molecular weight excluding hydrogens is 209 g/mol. The maximum absolute atomic E-state index is 13.0. The van der Waals surface area contributed by atoms with E-state index in [1.807, 2.05) is 13.0 Å². The van der Waals surface area contributed by atoms with Gasteiger partial charge in [0, 0.05) is 24.5 Å². The van der Waals surface area contributed by atoms with Crippen molar-refractivity contribution in [3.8, 4) is 0 Å². The summed E-state index contributed by atoms with van der Waals surface area (Å²) in [4.78, 5) is 2.07. The van der Waals surface area contributed by atoms with Crippen LogP contribution >= 0.6 is 12.6 Å². The van der Waals surface area contributed by atoms with Gasteiger partial charge in [0.25, 0.3) is 0 Å². The molecule has 0 aromatic heterocycles. The summed E-state index contributed by atoms with van der Waals surface area (Å²) in [7, 11) is 0.